The van der Waals surface area contributed by atoms with Crippen LogP contribution >= 0.6 is 12.2 Å². The van der Waals surface area contributed by atoms with Crippen LogP contribution in [0.3, 0.4) is 0 Å². The van der Waals surface area contributed by atoms with Crippen molar-refractivity contribution in [3.05, 3.63) is 21.3 Å². The van der Waals surface area contributed by atoms with Crippen molar-refractivity contribution in [1.82, 2.24) is 14.8 Å². The van der Waals surface area contributed by atoms with Crippen LogP contribution in [0.25, 0.3) is 0 Å². The fraction of sp³-hybridized carbons (Fsp3) is 0.625. The summed E-state index contributed by atoms with van der Waals surface area (Å²) < 4.78 is 6.24. The lowest BCUT2D eigenvalue weighted by Gasteiger charge is -2.16. The van der Waals surface area contributed by atoms with E-state index in [9.17, 15) is 15.0 Å². The highest BCUT2D eigenvalue weighted by atomic mass is 32.1. The van der Waals surface area contributed by atoms with Gasteiger partial charge >= 0.3 is 0 Å². The maximum Gasteiger partial charge on any atom is 0.270 e. The monoisotopic (exact) mass is 261 g/mol. The topological polar surface area (TPSA) is 121 Å². The first-order valence-corrected chi connectivity index (χ1v) is 5.26. The maximum absolute atomic E-state index is 10.9. The second kappa shape index (κ2) is 4.63. The van der Waals surface area contributed by atoms with Crippen LogP contribution in [0, 0.1) is 4.77 Å². The van der Waals surface area contributed by atoms with Crippen LogP contribution in [0.1, 0.15) is 6.23 Å². The Morgan fingerprint density at radius 3 is 2.76 bits per heavy atom. The number of aliphatic hydroxyl groups excluding tert-OH is 3. The Morgan fingerprint density at radius 1 is 1.53 bits per heavy atom. The van der Waals surface area contributed by atoms with Gasteiger partial charge in [-0.15, -0.1) is 0 Å². The molecule has 94 valence electrons. The summed E-state index contributed by atoms with van der Waals surface area (Å²) in [5.41, 5.74) is -0.474. The lowest BCUT2D eigenvalue weighted by atomic mass is 10.1. The molecule has 0 aromatic carbocycles. The highest BCUT2D eigenvalue weighted by Crippen LogP contribution is 2.28. The van der Waals surface area contributed by atoms with Crippen molar-refractivity contribution < 1.29 is 20.1 Å². The van der Waals surface area contributed by atoms with Crippen molar-refractivity contribution in [3.63, 3.8) is 0 Å². The molecule has 0 amide bonds. The van der Waals surface area contributed by atoms with Gasteiger partial charge < -0.3 is 20.1 Å². The minimum atomic E-state index is -1.28. The molecular weight excluding hydrogens is 250 g/mol. The third-order valence-corrected chi connectivity index (χ3v) is 2.78. The van der Waals surface area contributed by atoms with Crippen molar-refractivity contribution in [3.8, 4) is 0 Å². The van der Waals surface area contributed by atoms with Gasteiger partial charge in [0.2, 0.25) is 0 Å². The van der Waals surface area contributed by atoms with E-state index in [1.54, 1.807) is 0 Å². The fourth-order valence-corrected chi connectivity index (χ4v) is 1.88. The molecule has 0 bridgehead atoms. The first-order valence-electron chi connectivity index (χ1n) is 4.85. The lowest BCUT2D eigenvalue weighted by molar-refractivity contribution is -0.0607. The molecule has 0 saturated carbocycles. The number of hydrogen-bond acceptors (Lipinski definition) is 7. The minimum absolute atomic E-state index is 0.0349. The summed E-state index contributed by atoms with van der Waals surface area (Å²) in [5.74, 6) is 0. The Hall–Kier alpha value is -1.13. The van der Waals surface area contributed by atoms with Crippen LogP contribution in [0.15, 0.2) is 11.0 Å². The predicted molar refractivity (Wildman–Crippen MR) is 56.7 cm³/mol. The van der Waals surface area contributed by atoms with Crippen molar-refractivity contribution in [2.45, 2.75) is 24.5 Å². The Morgan fingerprint density at radius 2 is 2.24 bits per heavy atom. The zero-order chi connectivity index (χ0) is 12.6. The molecule has 1 aliphatic rings. The maximum atomic E-state index is 10.9. The summed E-state index contributed by atoms with van der Waals surface area (Å²) in [4.78, 5) is 13.2. The average Bonchev–Trinajstić information content (AvgIpc) is 2.57. The first kappa shape index (κ1) is 12.3. The zero-order valence-corrected chi connectivity index (χ0v) is 9.37. The first-order chi connectivity index (χ1) is 8.04. The molecule has 0 spiro atoms. The predicted octanol–water partition coefficient (Wildman–Crippen LogP) is -2.09. The van der Waals surface area contributed by atoms with Crippen LogP contribution in [-0.2, 0) is 4.74 Å². The molecule has 1 aromatic rings. The molecular formula is C8H11N3O5S. The summed E-state index contributed by atoms with van der Waals surface area (Å²) >= 11 is 4.85. The molecule has 1 fully saturated rings. The summed E-state index contributed by atoms with van der Waals surface area (Å²) in [6, 6.07) is 0. The summed E-state index contributed by atoms with van der Waals surface area (Å²) in [6.45, 7) is -0.439. The zero-order valence-electron chi connectivity index (χ0n) is 8.55. The Bertz CT molecular complexity index is 514. The molecule has 1 aliphatic heterocycles. The largest absolute Gasteiger partial charge is 0.394 e. The van der Waals surface area contributed by atoms with Crippen molar-refractivity contribution in [1.29, 1.82) is 0 Å². The molecule has 8 nitrogen and oxygen atoms in total. The summed E-state index contributed by atoms with van der Waals surface area (Å²) in [6.07, 6.45) is -3.49. The van der Waals surface area contributed by atoms with Crippen molar-refractivity contribution in [2.24, 2.45) is 0 Å². The Balaban J connectivity index is 2.35. The summed E-state index contributed by atoms with van der Waals surface area (Å²) in [7, 11) is 0. The van der Waals surface area contributed by atoms with Gasteiger partial charge in [0.25, 0.3) is 5.56 Å². The van der Waals surface area contributed by atoms with Gasteiger partial charge in [0.1, 0.15) is 24.5 Å². The third-order valence-electron chi connectivity index (χ3n) is 2.50. The summed E-state index contributed by atoms with van der Waals surface area (Å²) in [5, 5.41) is 31.9. The number of ether oxygens (including phenoxy) is 1. The standard InChI is InChI=1S/C8H11N3O5S/c12-2-3-5(14)6(15)7(16-3)11-8(17)10-4(13)1-9-11/h1,3,5-7,12,14-15H,2H2,(H,10,13,17)/t3-,5+,6-,7+/m0/s1. The van der Waals surface area contributed by atoms with Gasteiger partial charge in [0.05, 0.1) is 6.61 Å². The molecule has 1 saturated heterocycles. The highest BCUT2D eigenvalue weighted by molar-refractivity contribution is 7.71. The Kier molecular flexibility index (Phi) is 3.35. The number of nitrogens with zero attached hydrogens (tertiary/aromatic N) is 2. The molecule has 9 heteroatoms. The van der Waals surface area contributed by atoms with Crippen LogP contribution in [0.5, 0.6) is 0 Å². The normalized spacial score (nSPS) is 32.9. The molecule has 4 N–H and O–H groups in total. The molecule has 2 rings (SSSR count). The average molecular weight is 261 g/mol. The van der Waals surface area contributed by atoms with Gasteiger partial charge in [-0.25, -0.2) is 4.68 Å². The van der Waals surface area contributed by atoms with Gasteiger partial charge in [-0.1, -0.05) is 0 Å². The molecule has 2 heterocycles. The van der Waals surface area contributed by atoms with Crippen LogP contribution in [0.2, 0.25) is 0 Å². The van der Waals surface area contributed by atoms with Crippen LogP contribution in [0.4, 0.5) is 0 Å². The van der Waals surface area contributed by atoms with E-state index in [4.69, 9.17) is 22.1 Å². The number of hydrogen-bond donors (Lipinski definition) is 4. The number of aromatic nitrogens is 3. The quantitative estimate of drug-likeness (QED) is 0.450. The van der Waals surface area contributed by atoms with Gasteiger partial charge in [0, 0.05) is 0 Å². The molecule has 0 radical (unpaired) electrons. The van der Waals surface area contributed by atoms with E-state index in [-0.39, 0.29) is 4.77 Å². The number of H-pyrrole nitrogens is 1. The van der Waals surface area contributed by atoms with E-state index in [2.05, 4.69) is 10.1 Å². The van der Waals surface area contributed by atoms with Gasteiger partial charge in [-0.05, 0) is 12.2 Å². The molecule has 4 atom stereocenters. The van der Waals surface area contributed by atoms with E-state index < -0.39 is 36.7 Å². The molecule has 0 aliphatic carbocycles. The van der Waals surface area contributed by atoms with E-state index >= 15 is 0 Å². The number of aliphatic hydroxyl groups is 3. The number of rotatable bonds is 2. The van der Waals surface area contributed by atoms with Crippen molar-refractivity contribution >= 4 is 12.2 Å². The van der Waals surface area contributed by atoms with E-state index in [1.807, 2.05) is 0 Å². The SMILES string of the molecule is O=c1cnn([C@@H]2O[C@@H](CO)[C@@H](O)[C@@H]2O)c(=S)[nH]1. The van der Waals surface area contributed by atoms with E-state index in [0.29, 0.717) is 0 Å². The van der Waals surface area contributed by atoms with Crippen LogP contribution < -0.4 is 5.56 Å². The third kappa shape index (κ3) is 2.15. The molecule has 1 aromatic heterocycles. The van der Waals surface area contributed by atoms with Crippen molar-refractivity contribution in [2.75, 3.05) is 6.61 Å². The molecule has 17 heavy (non-hydrogen) atoms. The second-order valence-electron chi connectivity index (χ2n) is 3.61. The lowest BCUT2D eigenvalue weighted by Crippen LogP contribution is -2.33. The highest BCUT2D eigenvalue weighted by Gasteiger charge is 2.43. The van der Waals surface area contributed by atoms with E-state index in [0.717, 1.165) is 10.9 Å². The Labute approximate surface area is 100 Å². The van der Waals surface area contributed by atoms with Crippen LogP contribution in [-0.4, -0.2) is 55.0 Å². The molecule has 0 unspecified atom stereocenters. The van der Waals surface area contributed by atoms with Gasteiger partial charge in [-0.2, -0.15) is 5.10 Å². The van der Waals surface area contributed by atoms with E-state index in [1.165, 1.54) is 0 Å². The smallest absolute Gasteiger partial charge is 0.270 e. The van der Waals surface area contributed by atoms with Gasteiger partial charge in [-0.3, -0.25) is 9.78 Å². The number of aromatic amines is 1. The second-order valence-corrected chi connectivity index (χ2v) is 4.00. The minimum Gasteiger partial charge on any atom is -0.394 e. The van der Waals surface area contributed by atoms with Gasteiger partial charge in [0.15, 0.2) is 11.0 Å². The number of nitrogens with one attached hydrogen (secondary N) is 1. The fourth-order valence-electron chi connectivity index (χ4n) is 1.63.